The zero-order chi connectivity index (χ0) is 30.6. The van der Waals surface area contributed by atoms with Crippen LogP contribution in [0.3, 0.4) is 0 Å². The van der Waals surface area contributed by atoms with Gasteiger partial charge in [0.05, 0.1) is 13.2 Å². The van der Waals surface area contributed by atoms with Gasteiger partial charge in [0.25, 0.3) is 0 Å². The molecule has 3 heteroatoms. The molecule has 0 unspecified atom stereocenters. The van der Waals surface area contributed by atoms with Gasteiger partial charge >= 0.3 is 0 Å². The molecule has 44 heavy (non-hydrogen) atoms. The molecule has 1 aliphatic rings. The lowest BCUT2D eigenvalue weighted by molar-refractivity contribution is 0.131. The zero-order valence-electron chi connectivity index (χ0n) is 26.8. The van der Waals surface area contributed by atoms with Crippen molar-refractivity contribution in [1.82, 2.24) is 0 Å². The number of ether oxygens (including phenoxy) is 2. The Morgan fingerprint density at radius 2 is 0.977 bits per heavy atom. The minimum Gasteiger partial charge on any atom is -0.494 e. The van der Waals surface area contributed by atoms with Gasteiger partial charge in [-0.15, -0.1) is 0 Å². The van der Waals surface area contributed by atoms with Crippen LogP contribution in [0.1, 0.15) is 108 Å². The maximum atomic E-state index is 12.8. The minimum absolute atomic E-state index is 0.697. The highest BCUT2D eigenvalue weighted by molar-refractivity contribution is 5.85. The molecule has 0 amide bonds. The van der Waals surface area contributed by atoms with Gasteiger partial charge in [0, 0.05) is 16.7 Å². The summed E-state index contributed by atoms with van der Waals surface area (Å²) in [6.45, 7) is 5.92. The fourth-order valence-corrected chi connectivity index (χ4v) is 6.57. The molecule has 1 N–H and O–H groups in total. The van der Waals surface area contributed by atoms with Gasteiger partial charge in [-0.25, -0.2) is 0 Å². The predicted molar refractivity (Wildman–Crippen MR) is 184 cm³/mol. The second-order valence-corrected chi connectivity index (χ2v) is 12.3. The van der Waals surface area contributed by atoms with Crippen molar-refractivity contribution >= 4 is 0 Å². The normalized spacial score (nSPS) is 13.0. The van der Waals surface area contributed by atoms with Gasteiger partial charge in [0.2, 0.25) is 0 Å². The first-order chi connectivity index (χ1) is 21.7. The Morgan fingerprint density at radius 3 is 1.57 bits per heavy atom. The predicted octanol–water partition coefficient (Wildman–Crippen LogP) is 11.1. The molecular weight excluding hydrogens is 540 g/mol. The number of unbranched alkanes of at least 4 members (excludes halogenated alkanes) is 10. The van der Waals surface area contributed by atoms with Gasteiger partial charge in [0.15, 0.2) is 0 Å². The molecule has 0 fully saturated rings. The van der Waals surface area contributed by atoms with E-state index in [4.69, 9.17) is 9.47 Å². The molecule has 0 saturated carbocycles. The summed E-state index contributed by atoms with van der Waals surface area (Å²) in [6.07, 6.45) is 14.8. The number of hydrogen-bond donors (Lipinski definition) is 1. The highest BCUT2D eigenvalue weighted by Crippen LogP contribution is 2.53. The van der Waals surface area contributed by atoms with Crippen LogP contribution < -0.4 is 9.47 Å². The Morgan fingerprint density at radius 1 is 0.477 bits per heavy atom. The summed E-state index contributed by atoms with van der Waals surface area (Å²) in [6, 6.07) is 31.0. The topological polar surface area (TPSA) is 38.7 Å². The van der Waals surface area contributed by atoms with Crippen LogP contribution in [0, 0.1) is 0 Å². The van der Waals surface area contributed by atoms with Crippen LogP contribution in [-0.4, -0.2) is 18.3 Å². The molecule has 0 bridgehead atoms. The van der Waals surface area contributed by atoms with E-state index in [1.165, 1.54) is 64.2 Å². The molecule has 1 aliphatic carbocycles. The number of fused-ring (bicyclic) bond motifs is 3. The molecular formula is C41H50O3. The molecule has 5 rings (SSSR count). The van der Waals surface area contributed by atoms with Crippen molar-refractivity contribution < 1.29 is 14.6 Å². The largest absolute Gasteiger partial charge is 0.494 e. The van der Waals surface area contributed by atoms with E-state index in [2.05, 4.69) is 68.4 Å². The van der Waals surface area contributed by atoms with E-state index in [9.17, 15) is 5.11 Å². The second kappa shape index (κ2) is 16.0. The monoisotopic (exact) mass is 590 g/mol. The Kier molecular flexibility index (Phi) is 11.5. The SMILES string of the molecule is CCCCCCCCOc1cccc(-c2cc(OCCCCCCCC)ccc2C2(O)c3ccccc3-c3ccccc32)c1. The second-order valence-electron chi connectivity index (χ2n) is 12.3. The highest BCUT2D eigenvalue weighted by Gasteiger charge is 2.44. The van der Waals surface area contributed by atoms with Crippen molar-refractivity contribution in [3.05, 3.63) is 108 Å². The van der Waals surface area contributed by atoms with Gasteiger partial charge in [-0.1, -0.05) is 145 Å². The summed E-state index contributed by atoms with van der Waals surface area (Å²) in [5.41, 5.74) is 5.54. The van der Waals surface area contributed by atoms with Crippen LogP contribution in [0.5, 0.6) is 11.5 Å². The lowest BCUT2D eigenvalue weighted by Gasteiger charge is -2.29. The van der Waals surface area contributed by atoms with E-state index in [0.29, 0.717) is 13.2 Å². The molecule has 232 valence electrons. The molecule has 3 nitrogen and oxygen atoms in total. The molecule has 0 atom stereocenters. The van der Waals surface area contributed by atoms with Gasteiger partial charge in [0.1, 0.15) is 17.1 Å². The third-order valence-corrected chi connectivity index (χ3v) is 8.98. The fourth-order valence-electron chi connectivity index (χ4n) is 6.57. The van der Waals surface area contributed by atoms with Crippen molar-refractivity contribution in [1.29, 1.82) is 0 Å². The average Bonchev–Trinajstić information content (AvgIpc) is 3.33. The maximum Gasteiger partial charge on any atom is 0.142 e. The Bertz CT molecular complexity index is 1430. The van der Waals surface area contributed by atoms with Crippen LogP contribution >= 0.6 is 0 Å². The standard InChI is InChI=1S/C41H50O3/c1-3-5-7-9-11-17-28-43-33-21-19-20-32(30-33)37-31-34(44-29-18-12-10-8-6-4-2)26-27-40(37)41(42)38-24-15-13-22-35(38)36-23-14-16-25-39(36)41/h13-16,19-27,30-31,42H,3-12,17-18,28-29H2,1-2H3. The summed E-state index contributed by atoms with van der Waals surface area (Å²) in [4.78, 5) is 0. The molecule has 0 heterocycles. The van der Waals surface area contributed by atoms with Crippen molar-refractivity contribution in [2.75, 3.05) is 13.2 Å². The van der Waals surface area contributed by atoms with Crippen molar-refractivity contribution in [3.63, 3.8) is 0 Å². The number of aliphatic hydroxyl groups is 1. The van der Waals surface area contributed by atoms with E-state index >= 15 is 0 Å². The lowest BCUT2D eigenvalue weighted by Crippen LogP contribution is -2.27. The summed E-state index contributed by atoms with van der Waals surface area (Å²) in [5, 5.41) is 12.8. The summed E-state index contributed by atoms with van der Waals surface area (Å²) in [7, 11) is 0. The third kappa shape index (κ3) is 7.38. The molecule has 4 aromatic rings. The van der Waals surface area contributed by atoms with E-state index in [-0.39, 0.29) is 0 Å². The first-order valence-electron chi connectivity index (χ1n) is 17.1. The minimum atomic E-state index is -1.28. The first-order valence-corrected chi connectivity index (χ1v) is 17.1. The van der Waals surface area contributed by atoms with Crippen LogP contribution in [0.15, 0.2) is 91.0 Å². The van der Waals surface area contributed by atoms with Crippen molar-refractivity contribution in [3.8, 4) is 33.8 Å². The quantitative estimate of drug-likeness (QED) is 0.117. The number of benzene rings is 4. The van der Waals surface area contributed by atoms with Crippen LogP contribution in [0.25, 0.3) is 22.3 Å². The highest BCUT2D eigenvalue weighted by atomic mass is 16.5. The molecule has 0 radical (unpaired) electrons. The van der Waals surface area contributed by atoms with E-state index < -0.39 is 5.60 Å². The van der Waals surface area contributed by atoms with Gasteiger partial charge < -0.3 is 14.6 Å². The van der Waals surface area contributed by atoms with E-state index in [1.54, 1.807) is 0 Å². The van der Waals surface area contributed by atoms with E-state index in [1.807, 2.05) is 36.4 Å². The van der Waals surface area contributed by atoms with Crippen molar-refractivity contribution in [2.45, 2.75) is 96.5 Å². The fraction of sp³-hybridized carbons (Fsp3) is 0.415. The van der Waals surface area contributed by atoms with Crippen LogP contribution in [0.4, 0.5) is 0 Å². The van der Waals surface area contributed by atoms with Gasteiger partial charge in [-0.2, -0.15) is 0 Å². The Labute approximate surface area is 265 Å². The van der Waals surface area contributed by atoms with Gasteiger partial charge in [-0.3, -0.25) is 0 Å². The number of hydrogen-bond acceptors (Lipinski definition) is 3. The zero-order valence-corrected chi connectivity index (χ0v) is 26.8. The molecule has 0 aromatic heterocycles. The average molecular weight is 591 g/mol. The molecule has 0 aliphatic heterocycles. The summed E-state index contributed by atoms with van der Waals surface area (Å²) in [5.74, 6) is 1.69. The Hall–Kier alpha value is -3.56. The van der Waals surface area contributed by atoms with Crippen molar-refractivity contribution in [2.24, 2.45) is 0 Å². The molecule has 4 aromatic carbocycles. The summed E-state index contributed by atoms with van der Waals surface area (Å²) < 4.78 is 12.5. The first kappa shape index (κ1) is 31.9. The number of rotatable bonds is 18. The van der Waals surface area contributed by atoms with Gasteiger partial charge in [-0.05, 0) is 59.4 Å². The van der Waals surface area contributed by atoms with Crippen LogP contribution in [0.2, 0.25) is 0 Å². The summed E-state index contributed by atoms with van der Waals surface area (Å²) >= 11 is 0. The maximum absolute atomic E-state index is 12.8. The smallest absolute Gasteiger partial charge is 0.142 e. The molecule has 0 spiro atoms. The van der Waals surface area contributed by atoms with E-state index in [0.717, 1.165) is 63.3 Å². The van der Waals surface area contributed by atoms with Crippen LogP contribution in [-0.2, 0) is 5.60 Å². The lowest BCUT2D eigenvalue weighted by atomic mass is 9.80. The Balaban J connectivity index is 1.43. The molecule has 0 saturated heterocycles. The third-order valence-electron chi connectivity index (χ3n) is 8.98.